The zero-order chi connectivity index (χ0) is 9.68. The molecule has 0 amide bonds. The van der Waals surface area contributed by atoms with E-state index in [0.717, 1.165) is 17.3 Å². The van der Waals surface area contributed by atoms with Crippen molar-refractivity contribution in [3.63, 3.8) is 0 Å². The first kappa shape index (κ1) is 10.8. The average molecular weight is 279 g/mol. The summed E-state index contributed by atoms with van der Waals surface area (Å²) in [5.41, 5.74) is 0.725. The highest BCUT2D eigenvalue weighted by Crippen LogP contribution is 2.22. The smallest absolute Gasteiger partial charge is 0.148 e. The second-order valence-corrected chi connectivity index (χ2v) is 3.73. The first-order valence-corrected chi connectivity index (χ1v) is 5.48. The molecule has 0 aliphatic rings. The Morgan fingerprint density at radius 1 is 1.46 bits per heavy atom. The van der Waals surface area contributed by atoms with Gasteiger partial charge in [-0.2, -0.15) is 0 Å². The molecule has 0 fully saturated rings. The highest BCUT2D eigenvalue weighted by Gasteiger charge is 2.01. The maximum absolute atomic E-state index is 5.86. The van der Waals surface area contributed by atoms with Gasteiger partial charge in [-0.05, 0) is 6.07 Å². The third-order valence-corrected chi connectivity index (χ3v) is 2.45. The minimum atomic E-state index is 0.298. The molecule has 68 valence electrons. The van der Waals surface area contributed by atoms with Crippen molar-refractivity contribution < 1.29 is 0 Å². The normalized spacial score (nSPS) is 9.15. The van der Waals surface area contributed by atoms with Gasteiger partial charge in [-0.3, -0.25) is 0 Å². The minimum Gasteiger partial charge on any atom is -0.243 e. The van der Waals surface area contributed by atoms with Crippen molar-refractivity contribution >= 4 is 39.1 Å². The summed E-state index contributed by atoms with van der Waals surface area (Å²) in [5.74, 6) is 5.87. The van der Waals surface area contributed by atoms with Crippen LogP contribution in [0.4, 0.5) is 0 Å². The molecular formula is C9H6BrCl2N. The van der Waals surface area contributed by atoms with Crippen LogP contribution >= 0.6 is 39.1 Å². The second kappa shape index (κ2) is 5.49. The van der Waals surface area contributed by atoms with Gasteiger partial charge in [0.05, 0.1) is 5.02 Å². The second-order valence-electron chi connectivity index (χ2n) is 2.20. The van der Waals surface area contributed by atoms with Gasteiger partial charge < -0.3 is 0 Å². The molecular weight excluding hydrogens is 273 g/mol. The van der Waals surface area contributed by atoms with E-state index in [1.807, 2.05) is 0 Å². The standard InChI is InChI=1S/C9H6BrCl2N/c10-5-2-1-3-7-4-6-13-9(12)8(7)11/h4,6H,2,5H2. The Hall–Kier alpha value is -0.230. The Bertz CT molecular complexity index is 354. The summed E-state index contributed by atoms with van der Waals surface area (Å²) in [7, 11) is 0. The predicted molar refractivity (Wildman–Crippen MR) is 59.5 cm³/mol. The van der Waals surface area contributed by atoms with E-state index < -0.39 is 0 Å². The lowest BCUT2D eigenvalue weighted by Crippen LogP contribution is -1.81. The lowest BCUT2D eigenvalue weighted by Gasteiger charge is -1.95. The molecule has 0 radical (unpaired) electrons. The zero-order valence-electron chi connectivity index (χ0n) is 6.65. The number of hydrogen-bond donors (Lipinski definition) is 0. The first-order valence-electron chi connectivity index (χ1n) is 3.60. The summed E-state index contributed by atoms with van der Waals surface area (Å²) < 4.78 is 0. The molecule has 0 aromatic carbocycles. The maximum Gasteiger partial charge on any atom is 0.148 e. The fraction of sp³-hybridized carbons (Fsp3) is 0.222. The van der Waals surface area contributed by atoms with Crippen LogP contribution in [0.15, 0.2) is 12.3 Å². The van der Waals surface area contributed by atoms with Crippen LogP contribution in [0, 0.1) is 11.8 Å². The number of alkyl halides is 1. The molecule has 1 aromatic heterocycles. The van der Waals surface area contributed by atoms with Crippen LogP contribution in [0.5, 0.6) is 0 Å². The van der Waals surface area contributed by atoms with E-state index in [-0.39, 0.29) is 0 Å². The van der Waals surface area contributed by atoms with Crippen LogP contribution in [-0.2, 0) is 0 Å². The molecule has 0 bridgehead atoms. The number of rotatable bonds is 1. The Balaban J connectivity index is 2.91. The number of halogens is 3. The molecule has 0 saturated carbocycles. The third-order valence-electron chi connectivity index (χ3n) is 1.29. The van der Waals surface area contributed by atoms with Crippen molar-refractivity contribution in [1.82, 2.24) is 4.98 Å². The Labute approximate surface area is 95.6 Å². The SMILES string of the molecule is Clc1nccc(C#CCCBr)c1Cl. The summed E-state index contributed by atoms with van der Waals surface area (Å²) in [6.07, 6.45) is 2.38. The van der Waals surface area contributed by atoms with Crippen LogP contribution in [0.1, 0.15) is 12.0 Å². The topological polar surface area (TPSA) is 12.9 Å². The quantitative estimate of drug-likeness (QED) is 0.435. The zero-order valence-corrected chi connectivity index (χ0v) is 9.75. The van der Waals surface area contributed by atoms with Crippen LogP contribution in [0.2, 0.25) is 10.2 Å². The molecule has 1 nitrogen and oxygen atoms in total. The number of nitrogens with zero attached hydrogens (tertiary/aromatic N) is 1. The van der Waals surface area contributed by atoms with E-state index in [0.29, 0.717) is 10.2 Å². The van der Waals surface area contributed by atoms with Crippen molar-refractivity contribution in [3.8, 4) is 11.8 Å². The molecule has 0 unspecified atom stereocenters. The van der Waals surface area contributed by atoms with Crippen LogP contribution in [-0.4, -0.2) is 10.3 Å². The average Bonchev–Trinajstić information content (AvgIpc) is 2.13. The minimum absolute atomic E-state index is 0.298. The summed E-state index contributed by atoms with van der Waals surface area (Å²) in [6, 6.07) is 1.75. The molecule has 0 aliphatic heterocycles. The van der Waals surface area contributed by atoms with E-state index in [9.17, 15) is 0 Å². The molecule has 1 heterocycles. The number of aromatic nitrogens is 1. The number of hydrogen-bond acceptors (Lipinski definition) is 1. The van der Waals surface area contributed by atoms with Crippen molar-refractivity contribution in [2.75, 3.05) is 5.33 Å². The van der Waals surface area contributed by atoms with E-state index >= 15 is 0 Å². The summed E-state index contributed by atoms with van der Waals surface area (Å²) in [6.45, 7) is 0. The van der Waals surface area contributed by atoms with Gasteiger partial charge in [0.2, 0.25) is 0 Å². The van der Waals surface area contributed by atoms with Crippen molar-refractivity contribution in [2.45, 2.75) is 6.42 Å². The highest BCUT2D eigenvalue weighted by molar-refractivity contribution is 9.09. The van der Waals surface area contributed by atoms with E-state index in [4.69, 9.17) is 23.2 Å². The van der Waals surface area contributed by atoms with Crippen molar-refractivity contribution in [1.29, 1.82) is 0 Å². The fourth-order valence-corrected chi connectivity index (χ4v) is 1.24. The Kier molecular flexibility index (Phi) is 4.58. The third kappa shape index (κ3) is 3.19. The highest BCUT2D eigenvalue weighted by atomic mass is 79.9. The van der Waals surface area contributed by atoms with Gasteiger partial charge in [-0.1, -0.05) is 51.0 Å². The van der Waals surface area contributed by atoms with Gasteiger partial charge in [-0.15, -0.1) is 0 Å². The van der Waals surface area contributed by atoms with E-state index in [2.05, 4.69) is 32.8 Å². The Morgan fingerprint density at radius 2 is 2.23 bits per heavy atom. The molecule has 13 heavy (non-hydrogen) atoms. The molecule has 1 aromatic rings. The monoisotopic (exact) mass is 277 g/mol. The lowest BCUT2D eigenvalue weighted by molar-refractivity contribution is 1.30. The van der Waals surface area contributed by atoms with Gasteiger partial charge >= 0.3 is 0 Å². The lowest BCUT2D eigenvalue weighted by atomic mass is 10.2. The van der Waals surface area contributed by atoms with Crippen molar-refractivity contribution in [2.24, 2.45) is 0 Å². The molecule has 0 N–H and O–H groups in total. The van der Waals surface area contributed by atoms with Gasteiger partial charge in [-0.25, -0.2) is 4.98 Å². The largest absolute Gasteiger partial charge is 0.243 e. The first-order chi connectivity index (χ1) is 6.25. The summed E-state index contributed by atoms with van der Waals surface area (Å²) in [5, 5.41) is 1.58. The van der Waals surface area contributed by atoms with Crippen LogP contribution in [0.25, 0.3) is 0 Å². The Morgan fingerprint density at radius 3 is 2.92 bits per heavy atom. The van der Waals surface area contributed by atoms with Gasteiger partial charge in [0.1, 0.15) is 5.15 Å². The summed E-state index contributed by atoms with van der Waals surface area (Å²) >= 11 is 14.9. The van der Waals surface area contributed by atoms with Crippen LogP contribution in [0.3, 0.4) is 0 Å². The van der Waals surface area contributed by atoms with E-state index in [1.165, 1.54) is 0 Å². The van der Waals surface area contributed by atoms with Gasteiger partial charge in [0, 0.05) is 23.5 Å². The maximum atomic E-state index is 5.86. The molecule has 0 spiro atoms. The number of pyridine rings is 1. The van der Waals surface area contributed by atoms with E-state index in [1.54, 1.807) is 12.3 Å². The molecule has 0 saturated heterocycles. The van der Waals surface area contributed by atoms with Gasteiger partial charge in [0.15, 0.2) is 0 Å². The molecule has 1 rings (SSSR count). The predicted octanol–water partition coefficient (Wildman–Crippen LogP) is 3.52. The molecule has 0 atom stereocenters. The van der Waals surface area contributed by atoms with Crippen molar-refractivity contribution in [3.05, 3.63) is 28.0 Å². The van der Waals surface area contributed by atoms with Gasteiger partial charge in [0.25, 0.3) is 0 Å². The summed E-state index contributed by atoms with van der Waals surface area (Å²) in [4.78, 5) is 3.82. The molecule has 4 heteroatoms. The van der Waals surface area contributed by atoms with Crippen LogP contribution < -0.4 is 0 Å². The fourth-order valence-electron chi connectivity index (χ4n) is 0.720. The molecule has 0 aliphatic carbocycles.